The average Bonchev–Trinajstić information content (AvgIpc) is 2.64. The second-order valence-corrected chi connectivity index (χ2v) is 3.24. The van der Waals surface area contributed by atoms with Crippen molar-refractivity contribution >= 4 is 29.4 Å². The molecular weight excluding hydrogens is 234 g/mol. The van der Waals surface area contributed by atoms with Gasteiger partial charge in [0.1, 0.15) is 17.1 Å². The molecular formula is C9H10ClN3O3. The van der Waals surface area contributed by atoms with E-state index < -0.39 is 12.0 Å². The Bertz CT molecular complexity index is 499. The smallest absolute Gasteiger partial charge is 0.320 e. The molecule has 1 aromatic heterocycles. The minimum absolute atomic E-state index is 0. The maximum atomic E-state index is 10.5. The molecule has 0 aliphatic carbocycles. The number of hydrogen-bond acceptors (Lipinski definition) is 5. The van der Waals surface area contributed by atoms with E-state index in [4.69, 9.17) is 10.8 Å². The molecule has 0 saturated heterocycles. The standard InChI is InChI=1S/C9H9N3O3.ClH/c10-6(9(13)14)3-5-1-2-7-8(4-5)12-15-11-7;/h1-2,4,6H,3,10H2,(H,13,14);1H. The first kappa shape index (κ1) is 12.4. The highest BCUT2D eigenvalue weighted by Crippen LogP contribution is 2.12. The SMILES string of the molecule is Cl.NC(Cc1ccc2nonc2c1)C(=O)O. The van der Waals surface area contributed by atoms with Crippen LogP contribution in [0.15, 0.2) is 22.8 Å². The molecule has 2 aromatic rings. The van der Waals surface area contributed by atoms with Gasteiger partial charge in [-0.25, -0.2) is 4.63 Å². The number of nitrogens with two attached hydrogens (primary N) is 1. The maximum Gasteiger partial charge on any atom is 0.320 e. The van der Waals surface area contributed by atoms with E-state index in [1.165, 1.54) is 0 Å². The van der Waals surface area contributed by atoms with Crippen LogP contribution in [-0.4, -0.2) is 27.4 Å². The summed E-state index contributed by atoms with van der Waals surface area (Å²) >= 11 is 0. The van der Waals surface area contributed by atoms with Gasteiger partial charge >= 0.3 is 5.97 Å². The van der Waals surface area contributed by atoms with Crippen molar-refractivity contribution in [3.05, 3.63) is 23.8 Å². The van der Waals surface area contributed by atoms with Crippen LogP contribution in [0.3, 0.4) is 0 Å². The predicted molar refractivity (Wildman–Crippen MR) is 58.4 cm³/mol. The van der Waals surface area contributed by atoms with Crippen LogP contribution in [0, 0.1) is 0 Å². The Balaban J connectivity index is 0.00000128. The number of carboxylic acid groups (broad SMARTS) is 1. The van der Waals surface area contributed by atoms with E-state index in [2.05, 4.69) is 14.9 Å². The van der Waals surface area contributed by atoms with Gasteiger partial charge in [-0.15, -0.1) is 12.4 Å². The van der Waals surface area contributed by atoms with Gasteiger partial charge in [-0.05, 0) is 34.4 Å². The number of carbonyl (C=O) groups is 1. The van der Waals surface area contributed by atoms with Crippen LogP contribution in [0.2, 0.25) is 0 Å². The Morgan fingerprint density at radius 3 is 2.81 bits per heavy atom. The summed E-state index contributed by atoms with van der Waals surface area (Å²) in [6.45, 7) is 0. The Morgan fingerprint density at radius 1 is 1.44 bits per heavy atom. The zero-order valence-electron chi connectivity index (χ0n) is 8.16. The van der Waals surface area contributed by atoms with Gasteiger partial charge in [-0.3, -0.25) is 4.79 Å². The molecule has 0 spiro atoms. The first-order valence-electron chi connectivity index (χ1n) is 4.36. The zero-order valence-corrected chi connectivity index (χ0v) is 8.98. The molecule has 1 unspecified atom stereocenters. The molecule has 0 fully saturated rings. The van der Waals surface area contributed by atoms with Gasteiger partial charge < -0.3 is 10.8 Å². The van der Waals surface area contributed by atoms with Crippen LogP contribution in [0.1, 0.15) is 5.56 Å². The second-order valence-electron chi connectivity index (χ2n) is 3.24. The minimum atomic E-state index is -1.02. The molecule has 1 atom stereocenters. The molecule has 0 radical (unpaired) electrons. The first-order valence-corrected chi connectivity index (χ1v) is 4.36. The van der Waals surface area contributed by atoms with E-state index in [-0.39, 0.29) is 18.8 Å². The van der Waals surface area contributed by atoms with Crippen molar-refractivity contribution < 1.29 is 14.5 Å². The zero-order chi connectivity index (χ0) is 10.8. The summed E-state index contributed by atoms with van der Waals surface area (Å²) in [6, 6.07) is 4.29. The van der Waals surface area contributed by atoms with Crippen LogP contribution >= 0.6 is 12.4 Å². The van der Waals surface area contributed by atoms with Crippen molar-refractivity contribution in [2.75, 3.05) is 0 Å². The molecule has 0 amide bonds. The average molecular weight is 244 g/mol. The van der Waals surface area contributed by atoms with Gasteiger partial charge in [0, 0.05) is 0 Å². The fourth-order valence-corrected chi connectivity index (χ4v) is 1.30. The molecule has 86 valence electrons. The van der Waals surface area contributed by atoms with Crippen molar-refractivity contribution in [3.63, 3.8) is 0 Å². The van der Waals surface area contributed by atoms with E-state index in [1.807, 2.05) is 0 Å². The Labute approximate surface area is 96.8 Å². The van der Waals surface area contributed by atoms with Gasteiger partial charge in [0.05, 0.1) is 0 Å². The highest BCUT2D eigenvalue weighted by atomic mass is 35.5. The third kappa shape index (κ3) is 2.47. The number of carboxylic acids is 1. The van der Waals surface area contributed by atoms with Crippen LogP contribution < -0.4 is 5.73 Å². The molecule has 1 aromatic carbocycles. The summed E-state index contributed by atoms with van der Waals surface area (Å²) in [5, 5.41) is 15.9. The van der Waals surface area contributed by atoms with Crippen LogP contribution in [0.25, 0.3) is 11.0 Å². The van der Waals surface area contributed by atoms with Gasteiger partial charge in [0.15, 0.2) is 0 Å². The summed E-state index contributed by atoms with van der Waals surface area (Å²) in [5.74, 6) is -1.02. The number of aromatic nitrogens is 2. The number of halogens is 1. The van der Waals surface area contributed by atoms with E-state index >= 15 is 0 Å². The lowest BCUT2D eigenvalue weighted by Gasteiger charge is -2.05. The van der Waals surface area contributed by atoms with Gasteiger partial charge in [0.25, 0.3) is 0 Å². The molecule has 3 N–H and O–H groups in total. The Morgan fingerprint density at radius 2 is 2.12 bits per heavy atom. The molecule has 0 bridgehead atoms. The Kier molecular flexibility index (Phi) is 3.81. The quantitative estimate of drug-likeness (QED) is 0.818. The van der Waals surface area contributed by atoms with Crippen molar-refractivity contribution in [1.82, 2.24) is 10.3 Å². The third-order valence-corrected chi connectivity index (χ3v) is 2.09. The molecule has 16 heavy (non-hydrogen) atoms. The van der Waals surface area contributed by atoms with Crippen molar-refractivity contribution in [2.24, 2.45) is 5.73 Å². The van der Waals surface area contributed by atoms with E-state index in [0.717, 1.165) is 5.56 Å². The van der Waals surface area contributed by atoms with E-state index in [1.54, 1.807) is 18.2 Å². The minimum Gasteiger partial charge on any atom is -0.480 e. The van der Waals surface area contributed by atoms with E-state index in [9.17, 15) is 4.79 Å². The highest BCUT2D eigenvalue weighted by Gasteiger charge is 2.12. The first-order chi connectivity index (χ1) is 7.16. The normalized spacial score (nSPS) is 12.1. The Hall–Kier alpha value is -1.66. The summed E-state index contributed by atoms with van der Waals surface area (Å²) in [7, 11) is 0. The highest BCUT2D eigenvalue weighted by molar-refractivity contribution is 5.85. The molecule has 0 aliphatic rings. The van der Waals surface area contributed by atoms with Gasteiger partial charge in [-0.2, -0.15) is 0 Å². The van der Waals surface area contributed by atoms with Crippen molar-refractivity contribution in [1.29, 1.82) is 0 Å². The molecule has 6 nitrogen and oxygen atoms in total. The fraction of sp³-hybridized carbons (Fsp3) is 0.222. The summed E-state index contributed by atoms with van der Waals surface area (Å²) < 4.78 is 4.52. The lowest BCUT2D eigenvalue weighted by molar-refractivity contribution is -0.138. The van der Waals surface area contributed by atoms with E-state index in [0.29, 0.717) is 11.0 Å². The molecule has 2 rings (SSSR count). The summed E-state index contributed by atoms with van der Waals surface area (Å²) in [4.78, 5) is 10.5. The van der Waals surface area contributed by atoms with Gasteiger partial charge in [-0.1, -0.05) is 6.07 Å². The largest absolute Gasteiger partial charge is 0.480 e. The second kappa shape index (κ2) is 4.91. The summed E-state index contributed by atoms with van der Waals surface area (Å²) in [5.41, 5.74) is 7.45. The fourth-order valence-electron chi connectivity index (χ4n) is 1.30. The van der Waals surface area contributed by atoms with Crippen LogP contribution in [-0.2, 0) is 11.2 Å². The topological polar surface area (TPSA) is 102 Å². The van der Waals surface area contributed by atoms with Gasteiger partial charge in [0.2, 0.25) is 0 Å². The lowest BCUT2D eigenvalue weighted by atomic mass is 10.1. The lowest BCUT2D eigenvalue weighted by Crippen LogP contribution is -2.32. The van der Waals surface area contributed by atoms with Crippen LogP contribution in [0.5, 0.6) is 0 Å². The number of hydrogen-bond donors (Lipinski definition) is 2. The summed E-state index contributed by atoms with van der Waals surface area (Å²) in [6.07, 6.45) is 0.262. The van der Waals surface area contributed by atoms with Crippen LogP contribution in [0.4, 0.5) is 0 Å². The molecule has 0 saturated carbocycles. The van der Waals surface area contributed by atoms with Crippen molar-refractivity contribution in [3.8, 4) is 0 Å². The number of rotatable bonds is 3. The van der Waals surface area contributed by atoms with Crippen molar-refractivity contribution in [2.45, 2.75) is 12.5 Å². The number of fused-ring (bicyclic) bond motifs is 1. The maximum absolute atomic E-state index is 10.5. The monoisotopic (exact) mass is 243 g/mol. The molecule has 1 heterocycles. The predicted octanol–water partition coefficient (Wildman–Crippen LogP) is 0.599. The number of aliphatic carboxylic acids is 1. The molecule has 7 heteroatoms. The number of benzene rings is 1. The molecule has 0 aliphatic heterocycles. The number of nitrogens with zero attached hydrogens (tertiary/aromatic N) is 2. The third-order valence-electron chi connectivity index (χ3n) is 2.09.